The molecule has 0 aliphatic carbocycles. The van der Waals surface area contributed by atoms with E-state index in [0.29, 0.717) is 23.9 Å². The number of nitrogens with one attached hydrogen (secondary N) is 3. The summed E-state index contributed by atoms with van der Waals surface area (Å²) in [7, 11) is 0. The van der Waals surface area contributed by atoms with E-state index in [2.05, 4.69) is 25.8 Å². The van der Waals surface area contributed by atoms with Crippen LogP contribution in [0.2, 0.25) is 0 Å². The van der Waals surface area contributed by atoms with Gasteiger partial charge in [0.2, 0.25) is 11.8 Å². The van der Waals surface area contributed by atoms with E-state index in [0.717, 1.165) is 11.4 Å². The summed E-state index contributed by atoms with van der Waals surface area (Å²) in [5, 5.41) is 12.4. The van der Waals surface area contributed by atoms with E-state index < -0.39 is 6.04 Å². The van der Waals surface area contributed by atoms with Crippen LogP contribution in [0.25, 0.3) is 11.4 Å². The number of amides is 2. The predicted octanol–water partition coefficient (Wildman–Crippen LogP) is 2.27. The van der Waals surface area contributed by atoms with Crippen LogP contribution in [-0.2, 0) is 9.59 Å². The number of benzene rings is 1. The number of carbonyl (C=O) groups excluding carboxylic acids is 2. The van der Waals surface area contributed by atoms with Crippen LogP contribution in [0.1, 0.15) is 33.0 Å². The number of nitrogens with zero attached hydrogens (tertiary/aromatic N) is 2. The number of aromatic amines is 1. The molecule has 0 fully saturated rings. The number of carbonyl (C=O) groups is 2. The molecule has 0 spiro atoms. The van der Waals surface area contributed by atoms with Gasteiger partial charge in [0.15, 0.2) is 5.82 Å². The molecule has 0 aliphatic rings. The van der Waals surface area contributed by atoms with Gasteiger partial charge >= 0.3 is 0 Å². The van der Waals surface area contributed by atoms with Gasteiger partial charge in [-0.15, -0.1) is 0 Å². The van der Waals surface area contributed by atoms with E-state index in [4.69, 9.17) is 0 Å². The summed E-state index contributed by atoms with van der Waals surface area (Å²) in [5.74, 6) is 1.21. The molecule has 2 amide bonds. The maximum Gasteiger partial charge on any atom is 0.246 e. The maximum atomic E-state index is 12.4. The first-order chi connectivity index (χ1) is 11.3. The molecule has 1 aromatic heterocycles. The Morgan fingerprint density at radius 3 is 2.38 bits per heavy atom. The molecule has 24 heavy (non-hydrogen) atoms. The third kappa shape index (κ3) is 4.91. The lowest BCUT2D eigenvalue weighted by molar-refractivity contribution is -0.125. The van der Waals surface area contributed by atoms with Gasteiger partial charge in [0, 0.05) is 18.2 Å². The number of hydrogen-bond acceptors (Lipinski definition) is 4. The first-order valence-electron chi connectivity index (χ1n) is 7.92. The van der Waals surface area contributed by atoms with Crippen molar-refractivity contribution in [1.82, 2.24) is 20.5 Å². The highest BCUT2D eigenvalue weighted by molar-refractivity contribution is 5.97. The fraction of sp³-hybridized carbons (Fsp3) is 0.412. The van der Waals surface area contributed by atoms with Gasteiger partial charge in [-0.2, -0.15) is 5.10 Å². The lowest BCUT2D eigenvalue weighted by Gasteiger charge is -2.19. The van der Waals surface area contributed by atoms with Crippen molar-refractivity contribution in [2.45, 2.75) is 40.2 Å². The number of anilines is 1. The van der Waals surface area contributed by atoms with Gasteiger partial charge in [0.05, 0.1) is 0 Å². The molecule has 7 nitrogen and oxygen atoms in total. The zero-order chi connectivity index (χ0) is 17.7. The largest absolute Gasteiger partial charge is 0.345 e. The normalized spacial score (nSPS) is 12.0. The van der Waals surface area contributed by atoms with Crippen molar-refractivity contribution in [2.24, 2.45) is 5.92 Å². The minimum absolute atomic E-state index is 0.217. The Bertz CT molecular complexity index is 706. The molecular weight excluding hydrogens is 306 g/mol. The number of H-pyrrole nitrogens is 1. The van der Waals surface area contributed by atoms with Gasteiger partial charge in [0.1, 0.15) is 11.9 Å². The smallest absolute Gasteiger partial charge is 0.246 e. The van der Waals surface area contributed by atoms with Crippen molar-refractivity contribution < 1.29 is 9.59 Å². The van der Waals surface area contributed by atoms with Crippen molar-refractivity contribution in [3.8, 4) is 11.4 Å². The standard InChI is InChI=1S/C17H23N5O2/c1-10(2)9-15(19-12(4)23)17(24)20-14-7-5-13(6-8-14)16-18-11(3)21-22-16/h5-8,10,15H,9H2,1-4H3,(H,19,23)(H,20,24)(H,18,21,22)/t15-/m0/s1. The second-order valence-electron chi connectivity index (χ2n) is 6.19. The summed E-state index contributed by atoms with van der Waals surface area (Å²) in [4.78, 5) is 27.9. The zero-order valence-corrected chi connectivity index (χ0v) is 14.4. The molecule has 7 heteroatoms. The Hall–Kier alpha value is -2.70. The third-order valence-electron chi connectivity index (χ3n) is 3.41. The Kier molecular flexibility index (Phi) is 5.68. The number of hydrogen-bond donors (Lipinski definition) is 3. The quantitative estimate of drug-likeness (QED) is 0.757. The first-order valence-corrected chi connectivity index (χ1v) is 7.92. The molecule has 0 radical (unpaired) electrons. The summed E-state index contributed by atoms with van der Waals surface area (Å²) >= 11 is 0. The monoisotopic (exact) mass is 329 g/mol. The number of aromatic nitrogens is 3. The van der Waals surface area contributed by atoms with Crippen LogP contribution in [0.15, 0.2) is 24.3 Å². The van der Waals surface area contributed by atoms with Crippen molar-refractivity contribution in [3.05, 3.63) is 30.1 Å². The summed E-state index contributed by atoms with van der Waals surface area (Å²) in [5.41, 5.74) is 1.52. The molecule has 3 N–H and O–H groups in total. The van der Waals surface area contributed by atoms with E-state index in [1.807, 2.05) is 32.9 Å². The second-order valence-corrected chi connectivity index (χ2v) is 6.19. The minimum Gasteiger partial charge on any atom is -0.345 e. The fourth-order valence-electron chi connectivity index (χ4n) is 2.35. The van der Waals surface area contributed by atoms with Crippen LogP contribution in [0.3, 0.4) is 0 Å². The first kappa shape index (κ1) is 17.7. The molecule has 2 rings (SSSR count). The van der Waals surface area contributed by atoms with Crippen LogP contribution in [0.5, 0.6) is 0 Å². The number of rotatable bonds is 6. The Labute approximate surface area is 141 Å². The molecule has 1 aromatic carbocycles. The van der Waals surface area contributed by atoms with E-state index >= 15 is 0 Å². The Balaban J connectivity index is 2.05. The molecule has 1 atom stereocenters. The lowest BCUT2D eigenvalue weighted by atomic mass is 10.0. The van der Waals surface area contributed by atoms with E-state index in [-0.39, 0.29) is 11.8 Å². The van der Waals surface area contributed by atoms with Gasteiger partial charge in [-0.05, 0) is 43.5 Å². The Morgan fingerprint density at radius 2 is 1.88 bits per heavy atom. The topological polar surface area (TPSA) is 99.8 Å². The molecule has 1 heterocycles. The average Bonchev–Trinajstić information content (AvgIpc) is 2.93. The van der Waals surface area contributed by atoms with Crippen LogP contribution in [0, 0.1) is 12.8 Å². The summed E-state index contributed by atoms with van der Waals surface area (Å²) in [6.07, 6.45) is 0.583. The summed E-state index contributed by atoms with van der Waals surface area (Å²) < 4.78 is 0. The van der Waals surface area contributed by atoms with Crippen LogP contribution in [0.4, 0.5) is 5.69 Å². The summed E-state index contributed by atoms with van der Waals surface area (Å²) in [6, 6.07) is 6.72. The van der Waals surface area contributed by atoms with Gasteiger partial charge < -0.3 is 10.6 Å². The maximum absolute atomic E-state index is 12.4. The molecule has 0 saturated heterocycles. The highest BCUT2D eigenvalue weighted by Gasteiger charge is 2.20. The molecule has 2 aromatic rings. The fourth-order valence-corrected chi connectivity index (χ4v) is 2.35. The van der Waals surface area contributed by atoms with Gasteiger partial charge in [-0.3, -0.25) is 14.7 Å². The zero-order valence-electron chi connectivity index (χ0n) is 14.4. The highest BCUT2D eigenvalue weighted by Crippen LogP contribution is 2.18. The highest BCUT2D eigenvalue weighted by atomic mass is 16.2. The van der Waals surface area contributed by atoms with E-state index in [9.17, 15) is 9.59 Å². The van der Waals surface area contributed by atoms with E-state index in [1.165, 1.54) is 6.92 Å². The molecule has 0 bridgehead atoms. The second kappa shape index (κ2) is 7.72. The average molecular weight is 329 g/mol. The van der Waals surface area contributed by atoms with Gasteiger partial charge in [0.25, 0.3) is 0 Å². The summed E-state index contributed by atoms with van der Waals surface area (Å²) in [6.45, 7) is 7.27. The van der Waals surface area contributed by atoms with Gasteiger partial charge in [-0.25, -0.2) is 4.98 Å². The third-order valence-corrected chi connectivity index (χ3v) is 3.41. The predicted molar refractivity (Wildman–Crippen MR) is 92.2 cm³/mol. The SMILES string of the molecule is CC(=O)N[C@@H](CC(C)C)C(=O)Nc1ccc(-c2n[nH]c(C)n2)cc1. The van der Waals surface area contributed by atoms with E-state index in [1.54, 1.807) is 12.1 Å². The van der Waals surface area contributed by atoms with Crippen LogP contribution in [-0.4, -0.2) is 33.0 Å². The minimum atomic E-state index is -0.544. The lowest BCUT2D eigenvalue weighted by Crippen LogP contribution is -2.43. The van der Waals surface area contributed by atoms with Crippen molar-refractivity contribution in [1.29, 1.82) is 0 Å². The van der Waals surface area contributed by atoms with Crippen molar-refractivity contribution in [3.63, 3.8) is 0 Å². The molecular formula is C17H23N5O2. The number of aryl methyl sites for hydroxylation is 1. The molecule has 0 saturated carbocycles. The Morgan fingerprint density at radius 1 is 1.21 bits per heavy atom. The van der Waals surface area contributed by atoms with Crippen molar-refractivity contribution in [2.75, 3.05) is 5.32 Å². The van der Waals surface area contributed by atoms with Crippen molar-refractivity contribution >= 4 is 17.5 Å². The molecule has 0 aliphatic heterocycles. The molecule has 128 valence electrons. The van der Waals surface area contributed by atoms with Crippen LogP contribution < -0.4 is 10.6 Å². The molecule has 0 unspecified atom stereocenters. The van der Waals surface area contributed by atoms with Crippen LogP contribution >= 0.6 is 0 Å². The van der Waals surface area contributed by atoms with Gasteiger partial charge in [-0.1, -0.05) is 13.8 Å².